The van der Waals surface area contributed by atoms with Crippen molar-refractivity contribution in [2.75, 3.05) is 6.61 Å². The Labute approximate surface area is 94.9 Å². The quantitative estimate of drug-likeness (QED) is 0.721. The number of carbonyl (C=O) groups is 1. The fourth-order valence-corrected chi connectivity index (χ4v) is 1.34. The molecule has 0 radical (unpaired) electrons. The first-order chi connectivity index (χ1) is 7.67. The molecule has 0 fully saturated rings. The summed E-state index contributed by atoms with van der Waals surface area (Å²) in [6.45, 7) is 3.95. The monoisotopic (exact) mass is 218 g/mol. The van der Waals surface area contributed by atoms with Gasteiger partial charge in [-0.3, -0.25) is 4.79 Å². The van der Waals surface area contributed by atoms with Gasteiger partial charge in [0.25, 0.3) is 0 Å². The highest BCUT2D eigenvalue weighted by Crippen LogP contribution is 2.08. The number of hydrogen-bond donors (Lipinski definition) is 0. The van der Waals surface area contributed by atoms with Gasteiger partial charge in [-0.15, -0.1) is 0 Å². The Balaban J connectivity index is 2.66. The summed E-state index contributed by atoms with van der Waals surface area (Å²) in [6.07, 6.45) is 0.494. The summed E-state index contributed by atoms with van der Waals surface area (Å²) in [6, 6.07) is 7.17. The summed E-state index contributed by atoms with van der Waals surface area (Å²) in [7, 11) is 0. The number of rotatable bonds is 4. The molecule has 0 amide bonds. The van der Waals surface area contributed by atoms with Gasteiger partial charge in [-0.25, -0.2) is 4.98 Å². The Kier molecular flexibility index (Phi) is 4.46. The van der Waals surface area contributed by atoms with Crippen molar-refractivity contribution in [1.29, 1.82) is 5.26 Å². The van der Waals surface area contributed by atoms with Crippen molar-refractivity contribution >= 4 is 5.97 Å². The minimum absolute atomic E-state index is 0.230. The van der Waals surface area contributed by atoms with E-state index in [0.717, 1.165) is 5.69 Å². The van der Waals surface area contributed by atoms with Gasteiger partial charge in [0.15, 0.2) is 0 Å². The molecule has 0 saturated heterocycles. The average molecular weight is 218 g/mol. The molecule has 1 aromatic heterocycles. The van der Waals surface area contributed by atoms with E-state index in [0.29, 0.717) is 18.7 Å². The molecule has 4 heteroatoms. The summed E-state index contributed by atoms with van der Waals surface area (Å²) in [5, 5.41) is 8.69. The Morgan fingerprint density at radius 2 is 2.38 bits per heavy atom. The van der Waals surface area contributed by atoms with Crippen LogP contribution >= 0.6 is 0 Å². The fraction of sp³-hybridized carbons (Fsp3) is 0.417. The van der Waals surface area contributed by atoms with Gasteiger partial charge in [-0.2, -0.15) is 5.26 Å². The molecule has 16 heavy (non-hydrogen) atoms. The topological polar surface area (TPSA) is 63.0 Å². The van der Waals surface area contributed by atoms with E-state index in [-0.39, 0.29) is 11.9 Å². The third kappa shape index (κ3) is 3.35. The van der Waals surface area contributed by atoms with E-state index in [1.165, 1.54) is 0 Å². The maximum Gasteiger partial charge on any atom is 0.309 e. The van der Waals surface area contributed by atoms with Crippen LogP contribution in [0.1, 0.15) is 25.2 Å². The number of carbonyl (C=O) groups excluding carboxylic acids is 1. The molecule has 0 bridgehead atoms. The van der Waals surface area contributed by atoms with Crippen molar-refractivity contribution in [3.05, 3.63) is 29.6 Å². The first kappa shape index (κ1) is 12.2. The maximum absolute atomic E-state index is 11.4. The van der Waals surface area contributed by atoms with Crippen LogP contribution in [-0.2, 0) is 16.0 Å². The summed E-state index contributed by atoms with van der Waals surface area (Å²) >= 11 is 0. The molecule has 1 aromatic rings. The van der Waals surface area contributed by atoms with Crippen LogP contribution in [0.25, 0.3) is 0 Å². The zero-order valence-corrected chi connectivity index (χ0v) is 9.43. The smallest absolute Gasteiger partial charge is 0.309 e. The highest BCUT2D eigenvalue weighted by atomic mass is 16.5. The van der Waals surface area contributed by atoms with E-state index in [4.69, 9.17) is 10.00 Å². The van der Waals surface area contributed by atoms with Crippen molar-refractivity contribution in [2.45, 2.75) is 20.3 Å². The number of esters is 1. The summed E-state index contributed by atoms with van der Waals surface area (Å²) < 4.78 is 4.90. The number of pyridine rings is 1. The van der Waals surface area contributed by atoms with Crippen LogP contribution in [0.5, 0.6) is 0 Å². The first-order valence-corrected chi connectivity index (χ1v) is 5.20. The number of nitriles is 1. The van der Waals surface area contributed by atoms with Gasteiger partial charge in [0.05, 0.1) is 12.5 Å². The lowest BCUT2D eigenvalue weighted by Crippen LogP contribution is -2.17. The molecule has 1 unspecified atom stereocenters. The van der Waals surface area contributed by atoms with E-state index < -0.39 is 0 Å². The zero-order chi connectivity index (χ0) is 12.0. The molecule has 0 aliphatic rings. The van der Waals surface area contributed by atoms with Gasteiger partial charge in [0.1, 0.15) is 11.8 Å². The molecule has 1 heterocycles. The summed E-state index contributed by atoms with van der Waals surface area (Å²) in [4.78, 5) is 15.5. The molecule has 1 atom stereocenters. The van der Waals surface area contributed by atoms with E-state index in [1.54, 1.807) is 32.0 Å². The predicted octanol–water partition coefficient (Wildman–Crippen LogP) is 1.69. The van der Waals surface area contributed by atoms with Crippen LogP contribution in [-0.4, -0.2) is 17.6 Å². The Bertz CT molecular complexity index is 410. The third-order valence-corrected chi connectivity index (χ3v) is 2.13. The molecule has 0 spiro atoms. The molecule has 0 aliphatic heterocycles. The van der Waals surface area contributed by atoms with Gasteiger partial charge in [0, 0.05) is 12.1 Å². The largest absolute Gasteiger partial charge is 0.466 e. The van der Waals surface area contributed by atoms with Crippen LogP contribution in [0.4, 0.5) is 0 Å². The van der Waals surface area contributed by atoms with Gasteiger partial charge in [0.2, 0.25) is 0 Å². The van der Waals surface area contributed by atoms with Crippen molar-refractivity contribution < 1.29 is 9.53 Å². The van der Waals surface area contributed by atoms with Crippen molar-refractivity contribution in [3.8, 4) is 6.07 Å². The van der Waals surface area contributed by atoms with Crippen LogP contribution < -0.4 is 0 Å². The standard InChI is InChI=1S/C12H14N2O2/c1-3-16-12(15)9(2)7-10-5-4-6-11(8-13)14-10/h4-6,9H,3,7H2,1-2H3. The van der Waals surface area contributed by atoms with Crippen LogP contribution in [0, 0.1) is 17.2 Å². The Morgan fingerprint density at radius 3 is 3.00 bits per heavy atom. The molecule has 0 saturated carbocycles. The molecular formula is C12H14N2O2. The number of aromatic nitrogens is 1. The highest BCUT2D eigenvalue weighted by Gasteiger charge is 2.15. The van der Waals surface area contributed by atoms with Gasteiger partial charge < -0.3 is 4.74 Å². The average Bonchev–Trinajstić information content (AvgIpc) is 2.29. The lowest BCUT2D eigenvalue weighted by molar-refractivity contribution is -0.147. The highest BCUT2D eigenvalue weighted by molar-refractivity contribution is 5.72. The van der Waals surface area contributed by atoms with Crippen LogP contribution in [0.15, 0.2) is 18.2 Å². The van der Waals surface area contributed by atoms with Gasteiger partial charge >= 0.3 is 5.97 Å². The molecule has 0 aromatic carbocycles. The Hall–Kier alpha value is -1.89. The minimum atomic E-state index is -0.235. The van der Waals surface area contributed by atoms with E-state index in [9.17, 15) is 4.79 Å². The van der Waals surface area contributed by atoms with Gasteiger partial charge in [-0.1, -0.05) is 13.0 Å². The molecule has 0 aliphatic carbocycles. The lowest BCUT2D eigenvalue weighted by Gasteiger charge is -2.09. The van der Waals surface area contributed by atoms with Gasteiger partial charge in [-0.05, 0) is 19.1 Å². The van der Waals surface area contributed by atoms with E-state index in [2.05, 4.69) is 4.98 Å². The second-order valence-electron chi connectivity index (χ2n) is 3.48. The zero-order valence-electron chi connectivity index (χ0n) is 9.43. The normalized spacial score (nSPS) is 11.6. The number of nitrogens with zero attached hydrogens (tertiary/aromatic N) is 2. The SMILES string of the molecule is CCOC(=O)C(C)Cc1cccc(C#N)n1. The molecule has 0 N–H and O–H groups in total. The van der Waals surface area contributed by atoms with Crippen molar-refractivity contribution in [1.82, 2.24) is 4.98 Å². The molecule has 4 nitrogen and oxygen atoms in total. The van der Waals surface area contributed by atoms with Crippen molar-refractivity contribution in [3.63, 3.8) is 0 Å². The second-order valence-corrected chi connectivity index (χ2v) is 3.48. The number of hydrogen-bond acceptors (Lipinski definition) is 4. The third-order valence-electron chi connectivity index (χ3n) is 2.13. The number of ether oxygens (including phenoxy) is 1. The lowest BCUT2D eigenvalue weighted by atomic mass is 10.1. The van der Waals surface area contributed by atoms with E-state index in [1.807, 2.05) is 6.07 Å². The molecular weight excluding hydrogens is 204 g/mol. The second kappa shape index (κ2) is 5.86. The van der Waals surface area contributed by atoms with Crippen molar-refractivity contribution in [2.24, 2.45) is 5.92 Å². The van der Waals surface area contributed by atoms with Crippen LogP contribution in [0.2, 0.25) is 0 Å². The minimum Gasteiger partial charge on any atom is -0.466 e. The maximum atomic E-state index is 11.4. The van der Waals surface area contributed by atoms with Crippen LogP contribution in [0.3, 0.4) is 0 Å². The summed E-state index contributed by atoms with van der Waals surface area (Å²) in [5.74, 6) is -0.465. The first-order valence-electron chi connectivity index (χ1n) is 5.20. The molecule has 84 valence electrons. The Morgan fingerprint density at radius 1 is 1.62 bits per heavy atom. The predicted molar refractivity (Wildman–Crippen MR) is 58.5 cm³/mol. The molecule has 1 rings (SSSR count). The summed E-state index contributed by atoms with van der Waals surface area (Å²) in [5.41, 5.74) is 1.10. The fourth-order valence-electron chi connectivity index (χ4n) is 1.34. The van der Waals surface area contributed by atoms with E-state index >= 15 is 0 Å².